The van der Waals surface area contributed by atoms with Gasteiger partial charge in [-0.05, 0) is 0 Å². The molecular formula is C8H10O4. The van der Waals surface area contributed by atoms with Gasteiger partial charge in [-0.3, -0.25) is 9.59 Å². The first-order valence-electron chi connectivity index (χ1n) is 3.95. The third kappa shape index (κ3) is 0.813. The maximum atomic E-state index is 11.1. The van der Waals surface area contributed by atoms with Gasteiger partial charge in [-0.15, -0.1) is 0 Å². The normalized spacial score (nSPS) is 44.0. The summed E-state index contributed by atoms with van der Waals surface area (Å²) in [5.74, 6) is -1.11. The highest BCUT2D eigenvalue weighted by molar-refractivity contribution is 5.95. The van der Waals surface area contributed by atoms with Crippen molar-refractivity contribution in [2.75, 3.05) is 7.11 Å². The largest absolute Gasteiger partial charge is 0.469 e. The molecule has 0 radical (unpaired) electrons. The number of carbonyl (C=O) groups excluding carboxylic acids is 2. The van der Waals surface area contributed by atoms with Crippen LogP contribution in [0.25, 0.3) is 0 Å². The Morgan fingerprint density at radius 2 is 2.33 bits per heavy atom. The summed E-state index contributed by atoms with van der Waals surface area (Å²) in [7, 11) is 1.30. The molecule has 1 N–H and O–H groups in total. The molecule has 66 valence electrons. The zero-order valence-electron chi connectivity index (χ0n) is 6.69. The van der Waals surface area contributed by atoms with E-state index in [2.05, 4.69) is 4.74 Å². The number of carbonyl (C=O) groups is 2. The lowest BCUT2D eigenvalue weighted by Crippen LogP contribution is -2.17. The Kier molecular flexibility index (Phi) is 1.48. The minimum absolute atomic E-state index is 0.00269. The number of ketones is 1. The van der Waals surface area contributed by atoms with E-state index in [9.17, 15) is 14.7 Å². The molecule has 4 nitrogen and oxygen atoms in total. The SMILES string of the molecule is COC(=O)[C@H]1[C@@H]2C(=O)C[C@@H](O)[C@H]21. The number of methoxy groups -OCH3 is 1. The maximum absolute atomic E-state index is 11.1. The molecule has 2 rings (SSSR count). The van der Waals surface area contributed by atoms with E-state index in [0.29, 0.717) is 0 Å². The maximum Gasteiger partial charge on any atom is 0.309 e. The Labute approximate surface area is 69.5 Å². The fourth-order valence-electron chi connectivity index (χ4n) is 2.15. The Hall–Kier alpha value is -0.900. The molecule has 0 aromatic heterocycles. The lowest BCUT2D eigenvalue weighted by Gasteiger charge is -2.04. The predicted octanol–water partition coefficient (Wildman–Crippen LogP) is -0.645. The minimum Gasteiger partial charge on any atom is -0.469 e. The second-order valence-corrected chi connectivity index (χ2v) is 3.39. The van der Waals surface area contributed by atoms with E-state index in [1.807, 2.05) is 0 Å². The van der Waals surface area contributed by atoms with Crippen LogP contribution in [0.15, 0.2) is 0 Å². The molecule has 0 amide bonds. The summed E-state index contributed by atoms with van der Waals surface area (Å²) in [6.07, 6.45) is -0.408. The molecule has 0 aromatic rings. The van der Waals surface area contributed by atoms with Gasteiger partial charge in [0.2, 0.25) is 0 Å². The van der Waals surface area contributed by atoms with Gasteiger partial charge in [-0.25, -0.2) is 0 Å². The third-order valence-electron chi connectivity index (χ3n) is 2.78. The van der Waals surface area contributed by atoms with Crippen molar-refractivity contribution < 1.29 is 19.4 Å². The summed E-state index contributed by atoms with van der Waals surface area (Å²) < 4.78 is 4.50. The van der Waals surface area contributed by atoms with E-state index < -0.39 is 6.10 Å². The van der Waals surface area contributed by atoms with Gasteiger partial charge in [-0.2, -0.15) is 0 Å². The molecule has 0 aromatic carbocycles. The quantitative estimate of drug-likeness (QED) is 0.531. The molecule has 2 saturated carbocycles. The van der Waals surface area contributed by atoms with Crippen LogP contribution >= 0.6 is 0 Å². The molecule has 0 aliphatic heterocycles. The van der Waals surface area contributed by atoms with E-state index in [1.54, 1.807) is 0 Å². The Morgan fingerprint density at radius 3 is 2.75 bits per heavy atom. The van der Waals surface area contributed by atoms with Gasteiger partial charge in [0, 0.05) is 18.3 Å². The summed E-state index contributed by atoms with van der Waals surface area (Å²) in [6, 6.07) is 0. The average Bonchev–Trinajstić information content (AvgIpc) is 2.70. The number of rotatable bonds is 1. The number of aliphatic hydroxyl groups excluding tert-OH is 1. The first-order valence-corrected chi connectivity index (χ1v) is 3.95. The van der Waals surface area contributed by atoms with Crippen molar-refractivity contribution in [1.82, 2.24) is 0 Å². The number of fused-ring (bicyclic) bond motifs is 1. The number of Topliss-reactive ketones (excluding diaryl/α,β-unsaturated/α-hetero) is 1. The molecule has 0 saturated heterocycles. The number of hydrogen-bond acceptors (Lipinski definition) is 4. The van der Waals surface area contributed by atoms with Gasteiger partial charge >= 0.3 is 5.97 Å². The van der Waals surface area contributed by atoms with E-state index in [-0.39, 0.29) is 35.9 Å². The van der Waals surface area contributed by atoms with Crippen LogP contribution in [0.2, 0.25) is 0 Å². The van der Waals surface area contributed by atoms with E-state index in [1.165, 1.54) is 7.11 Å². The second kappa shape index (κ2) is 2.29. The van der Waals surface area contributed by atoms with Gasteiger partial charge in [-0.1, -0.05) is 0 Å². The second-order valence-electron chi connectivity index (χ2n) is 3.39. The van der Waals surface area contributed by atoms with E-state index in [0.717, 1.165) is 0 Å². The number of ether oxygens (including phenoxy) is 1. The lowest BCUT2D eigenvalue weighted by molar-refractivity contribution is -0.144. The molecule has 0 bridgehead atoms. The van der Waals surface area contributed by atoms with Crippen LogP contribution in [0.5, 0.6) is 0 Å². The zero-order chi connectivity index (χ0) is 8.88. The predicted molar refractivity (Wildman–Crippen MR) is 38.1 cm³/mol. The summed E-state index contributed by atoms with van der Waals surface area (Å²) in [4.78, 5) is 22.1. The van der Waals surface area contributed by atoms with Crippen molar-refractivity contribution >= 4 is 11.8 Å². The monoisotopic (exact) mass is 170 g/mol. The summed E-state index contributed by atoms with van der Waals surface area (Å²) in [6.45, 7) is 0. The van der Waals surface area contributed by atoms with Crippen molar-refractivity contribution in [3.05, 3.63) is 0 Å². The Morgan fingerprint density at radius 1 is 1.67 bits per heavy atom. The molecule has 4 heteroatoms. The third-order valence-corrected chi connectivity index (χ3v) is 2.78. The topological polar surface area (TPSA) is 63.6 Å². The Balaban J connectivity index is 2.09. The van der Waals surface area contributed by atoms with Crippen molar-refractivity contribution in [3.8, 4) is 0 Å². The molecule has 4 atom stereocenters. The fraction of sp³-hybridized carbons (Fsp3) is 0.750. The smallest absolute Gasteiger partial charge is 0.309 e. The fourth-order valence-corrected chi connectivity index (χ4v) is 2.15. The number of esters is 1. The highest BCUT2D eigenvalue weighted by Crippen LogP contribution is 2.55. The summed E-state index contributed by atoms with van der Waals surface area (Å²) in [5, 5.41) is 9.30. The standard InChI is InChI=1S/C8H10O4/c1-12-8(11)7-5-3(9)2-4(10)6(5)7/h3,5-7,9H,2H2,1H3/t3-,5-,6-,7-/m1/s1. The highest BCUT2D eigenvalue weighted by Gasteiger charge is 2.66. The van der Waals surface area contributed by atoms with Crippen LogP contribution in [0, 0.1) is 17.8 Å². The van der Waals surface area contributed by atoms with Gasteiger partial charge in [0.1, 0.15) is 5.78 Å². The van der Waals surface area contributed by atoms with Gasteiger partial charge in [0.15, 0.2) is 0 Å². The lowest BCUT2D eigenvalue weighted by atomic mass is 10.1. The van der Waals surface area contributed by atoms with Gasteiger partial charge in [0.25, 0.3) is 0 Å². The van der Waals surface area contributed by atoms with Crippen molar-refractivity contribution in [1.29, 1.82) is 0 Å². The van der Waals surface area contributed by atoms with Crippen LogP contribution in [0.4, 0.5) is 0 Å². The summed E-state index contributed by atoms with van der Waals surface area (Å²) >= 11 is 0. The highest BCUT2D eigenvalue weighted by atomic mass is 16.5. The van der Waals surface area contributed by atoms with E-state index >= 15 is 0 Å². The molecule has 2 fully saturated rings. The molecule has 0 spiro atoms. The van der Waals surface area contributed by atoms with Crippen LogP contribution in [-0.4, -0.2) is 30.1 Å². The van der Waals surface area contributed by atoms with Crippen LogP contribution < -0.4 is 0 Å². The van der Waals surface area contributed by atoms with Crippen molar-refractivity contribution in [2.45, 2.75) is 12.5 Å². The molecule has 2 aliphatic carbocycles. The molecular weight excluding hydrogens is 160 g/mol. The number of hydrogen-bond donors (Lipinski definition) is 1. The van der Waals surface area contributed by atoms with Crippen LogP contribution in [0.1, 0.15) is 6.42 Å². The number of aliphatic hydroxyl groups is 1. The molecule has 2 aliphatic rings. The average molecular weight is 170 g/mol. The van der Waals surface area contributed by atoms with Crippen LogP contribution in [0.3, 0.4) is 0 Å². The first-order chi connectivity index (χ1) is 5.66. The zero-order valence-corrected chi connectivity index (χ0v) is 6.69. The summed E-state index contributed by atoms with van der Waals surface area (Å²) in [5.41, 5.74) is 0. The van der Waals surface area contributed by atoms with Crippen molar-refractivity contribution in [3.63, 3.8) is 0 Å². The molecule has 0 unspecified atom stereocenters. The Bertz CT molecular complexity index is 247. The van der Waals surface area contributed by atoms with Gasteiger partial charge in [0.05, 0.1) is 19.1 Å². The first kappa shape index (κ1) is 7.73. The molecule has 12 heavy (non-hydrogen) atoms. The van der Waals surface area contributed by atoms with Crippen molar-refractivity contribution in [2.24, 2.45) is 17.8 Å². The van der Waals surface area contributed by atoms with Crippen LogP contribution in [-0.2, 0) is 14.3 Å². The minimum atomic E-state index is -0.619. The molecule has 0 heterocycles. The van der Waals surface area contributed by atoms with Gasteiger partial charge < -0.3 is 9.84 Å². The van der Waals surface area contributed by atoms with E-state index in [4.69, 9.17) is 0 Å².